The highest BCUT2D eigenvalue weighted by Crippen LogP contribution is 2.28. The molecule has 0 bridgehead atoms. The Balaban J connectivity index is 1.75. The number of morpholine rings is 1. The Hall–Kier alpha value is -2.46. The van der Waals surface area contributed by atoms with Gasteiger partial charge in [0.1, 0.15) is 4.90 Å². The average molecular weight is 480 g/mol. The van der Waals surface area contributed by atoms with Gasteiger partial charge >= 0.3 is 0 Å². The number of hydrogen-bond donors (Lipinski definition) is 2. The van der Waals surface area contributed by atoms with E-state index in [0.717, 1.165) is 0 Å². The molecule has 2 amide bonds. The summed E-state index contributed by atoms with van der Waals surface area (Å²) in [7, 11) is -3.82. The second-order valence-electron chi connectivity index (χ2n) is 8.40. The van der Waals surface area contributed by atoms with E-state index in [0.29, 0.717) is 30.0 Å². The minimum Gasteiger partial charge on any atom is -0.379 e. The van der Waals surface area contributed by atoms with Crippen molar-refractivity contribution in [3.63, 3.8) is 0 Å². The van der Waals surface area contributed by atoms with Crippen LogP contribution in [0.3, 0.4) is 0 Å². The average Bonchev–Trinajstić information content (AvgIpc) is 2.74. The Morgan fingerprint density at radius 2 is 1.53 bits per heavy atom. The van der Waals surface area contributed by atoms with Crippen molar-refractivity contribution in [2.45, 2.75) is 31.2 Å². The number of amides is 2. The van der Waals surface area contributed by atoms with Gasteiger partial charge in [0.15, 0.2) is 0 Å². The molecule has 10 heteroatoms. The molecule has 3 rings (SSSR count). The van der Waals surface area contributed by atoms with Crippen LogP contribution in [0.2, 0.25) is 5.02 Å². The van der Waals surface area contributed by atoms with Crippen LogP contribution in [0, 0.1) is 0 Å². The van der Waals surface area contributed by atoms with E-state index < -0.39 is 15.9 Å². The Bertz CT molecular complexity index is 1110. The van der Waals surface area contributed by atoms with Gasteiger partial charge in [0.2, 0.25) is 10.0 Å². The lowest BCUT2D eigenvalue weighted by Crippen LogP contribution is -2.40. The monoisotopic (exact) mass is 479 g/mol. The number of nitrogens with zero attached hydrogens (tertiary/aromatic N) is 1. The molecular formula is C22H26ClN3O5S. The van der Waals surface area contributed by atoms with Crippen LogP contribution in [-0.2, 0) is 14.8 Å². The molecule has 1 saturated heterocycles. The molecule has 32 heavy (non-hydrogen) atoms. The first-order valence-electron chi connectivity index (χ1n) is 10.1. The second-order valence-corrected chi connectivity index (χ2v) is 10.7. The normalized spacial score (nSPS) is 15.2. The van der Waals surface area contributed by atoms with Crippen LogP contribution in [-0.4, -0.2) is 56.4 Å². The Morgan fingerprint density at radius 3 is 2.09 bits per heavy atom. The third-order valence-electron chi connectivity index (χ3n) is 4.67. The molecule has 1 heterocycles. The maximum atomic E-state index is 13.0. The molecule has 1 aliphatic rings. The smallest absolute Gasteiger partial charge is 0.255 e. The van der Waals surface area contributed by atoms with Gasteiger partial charge in [-0.15, -0.1) is 0 Å². The third-order valence-corrected chi connectivity index (χ3v) is 7.05. The van der Waals surface area contributed by atoms with Gasteiger partial charge in [0.25, 0.3) is 11.8 Å². The van der Waals surface area contributed by atoms with Crippen molar-refractivity contribution in [3.8, 4) is 0 Å². The summed E-state index contributed by atoms with van der Waals surface area (Å²) in [5.41, 5.74) is 0.675. The predicted molar refractivity (Wildman–Crippen MR) is 123 cm³/mol. The molecule has 2 N–H and O–H groups in total. The fourth-order valence-corrected chi connectivity index (χ4v) is 5.00. The number of carbonyl (C=O) groups excluding carboxylic acids is 2. The van der Waals surface area contributed by atoms with Gasteiger partial charge in [-0.3, -0.25) is 9.59 Å². The summed E-state index contributed by atoms with van der Waals surface area (Å²) in [6, 6.07) is 10.5. The molecule has 0 radical (unpaired) electrons. The topological polar surface area (TPSA) is 105 Å². The summed E-state index contributed by atoms with van der Waals surface area (Å²) in [6.07, 6.45) is 0. The maximum Gasteiger partial charge on any atom is 0.255 e. The van der Waals surface area contributed by atoms with Crippen LogP contribution in [0.4, 0.5) is 5.69 Å². The van der Waals surface area contributed by atoms with Crippen LogP contribution in [0.5, 0.6) is 0 Å². The van der Waals surface area contributed by atoms with Crippen LogP contribution in [0.15, 0.2) is 47.4 Å². The standard InChI is InChI=1S/C22H26ClN3O5S/c1-22(2,3)25-21(28)16-6-4-15(5-7-16)20(27)24-17-8-9-18(23)19(14-17)32(29,30)26-10-12-31-13-11-26/h4-9,14H,10-13H2,1-3H3,(H,24,27)(H,25,28). The number of ether oxygens (including phenoxy) is 1. The number of hydrogen-bond acceptors (Lipinski definition) is 5. The van der Waals surface area contributed by atoms with Crippen LogP contribution in [0.1, 0.15) is 41.5 Å². The molecule has 0 aliphatic carbocycles. The number of anilines is 1. The van der Waals surface area contributed by atoms with E-state index in [1.54, 1.807) is 12.1 Å². The lowest BCUT2D eigenvalue weighted by Gasteiger charge is -2.26. The SMILES string of the molecule is CC(C)(C)NC(=O)c1ccc(C(=O)Nc2ccc(Cl)c(S(=O)(=O)N3CCOCC3)c2)cc1. The highest BCUT2D eigenvalue weighted by molar-refractivity contribution is 7.89. The molecular weight excluding hydrogens is 454 g/mol. The summed E-state index contributed by atoms with van der Waals surface area (Å²) < 4.78 is 32.4. The summed E-state index contributed by atoms with van der Waals surface area (Å²) in [5, 5.41) is 5.61. The maximum absolute atomic E-state index is 13.0. The first-order chi connectivity index (χ1) is 15.0. The van der Waals surface area contributed by atoms with Crippen molar-refractivity contribution in [3.05, 3.63) is 58.6 Å². The van der Waals surface area contributed by atoms with E-state index in [2.05, 4.69) is 10.6 Å². The molecule has 1 aliphatic heterocycles. The zero-order valence-electron chi connectivity index (χ0n) is 18.1. The van der Waals surface area contributed by atoms with E-state index in [1.807, 2.05) is 20.8 Å². The molecule has 8 nitrogen and oxygen atoms in total. The van der Waals surface area contributed by atoms with Crippen LogP contribution < -0.4 is 10.6 Å². The molecule has 0 aromatic heterocycles. The molecule has 172 valence electrons. The van der Waals surface area contributed by atoms with Gasteiger partial charge in [0.05, 0.1) is 18.2 Å². The molecule has 0 spiro atoms. The number of nitrogens with one attached hydrogen (secondary N) is 2. The Morgan fingerprint density at radius 1 is 0.969 bits per heavy atom. The van der Waals surface area contributed by atoms with Crippen LogP contribution >= 0.6 is 11.6 Å². The first kappa shape index (κ1) is 24.2. The second kappa shape index (κ2) is 9.58. The number of benzene rings is 2. The Kier molecular flexibility index (Phi) is 7.24. The number of sulfonamides is 1. The predicted octanol–water partition coefficient (Wildman–Crippen LogP) is 3.14. The van der Waals surface area contributed by atoms with E-state index in [-0.39, 0.29) is 34.5 Å². The number of carbonyl (C=O) groups is 2. The molecule has 0 unspecified atom stereocenters. The third kappa shape index (κ3) is 5.86. The summed E-state index contributed by atoms with van der Waals surface area (Å²) in [6.45, 7) is 6.76. The van der Waals surface area contributed by atoms with E-state index in [4.69, 9.17) is 16.3 Å². The van der Waals surface area contributed by atoms with Crippen molar-refractivity contribution < 1.29 is 22.7 Å². The van der Waals surface area contributed by atoms with Gasteiger partial charge in [-0.25, -0.2) is 8.42 Å². The van der Waals surface area contributed by atoms with E-state index >= 15 is 0 Å². The van der Waals surface area contributed by atoms with Crippen molar-refractivity contribution in [2.24, 2.45) is 0 Å². The van der Waals surface area contributed by atoms with Crippen molar-refractivity contribution in [1.29, 1.82) is 0 Å². The molecule has 2 aromatic carbocycles. The Labute approximate surface area is 192 Å². The summed E-state index contributed by atoms with van der Waals surface area (Å²) in [5.74, 6) is -0.676. The summed E-state index contributed by atoms with van der Waals surface area (Å²) >= 11 is 6.16. The van der Waals surface area contributed by atoms with Crippen molar-refractivity contribution in [2.75, 3.05) is 31.6 Å². The first-order valence-corrected chi connectivity index (χ1v) is 11.9. The van der Waals surface area contributed by atoms with Crippen molar-refractivity contribution >= 4 is 39.1 Å². The van der Waals surface area contributed by atoms with E-state index in [1.165, 1.54) is 34.6 Å². The van der Waals surface area contributed by atoms with Gasteiger partial charge in [0, 0.05) is 35.4 Å². The molecule has 0 saturated carbocycles. The zero-order chi connectivity index (χ0) is 23.5. The van der Waals surface area contributed by atoms with Gasteiger partial charge in [-0.05, 0) is 63.2 Å². The van der Waals surface area contributed by atoms with Gasteiger partial charge < -0.3 is 15.4 Å². The zero-order valence-corrected chi connectivity index (χ0v) is 19.7. The lowest BCUT2D eigenvalue weighted by molar-refractivity contribution is 0.0730. The molecule has 2 aromatic rings. The quantitative estimate of drug-likeness (QED) is 0.685. The van der Waals surface area contributed by atoms with Gasteiger partial charge in [-0.1, -0.05) is 11.6 Å². The minimum absolute atomic E-state index is 0.0729. The number of rotatable bonds is 5. The summed E-state index contributed by atoms with van der Waals surface area (Å²) in [4.78, 5) is 24.8. The van der Waals surface area contributed by atoms with Crippen molar-refractivity contribution in [1.82, 2.24) is 9.62 Å². The minimum atomic E-state index is -3.82. The highest BCUT2D eigenvalue weighted by atomic mass is 35.5. The lowest BCUT2D eigenvalue weighted by atomic mass is 10.1. The molecule has 1 fully saturated rings. The van der Waals surface area contributed by atoms with Crippen LogP contribution in [0.25, 0.3) is 0 Å². The highest BCUT2D eigenvalue weighted by Gasteiger charge is 2.28. The largest absolute Gasteiger partial charge is 0.379 e. The van der Waals surface area contributed by atoms with Gasteiger partial charge in [-0.2, -0.15) is 4.31 Å². The fourth-order valence-electron chi connectivity index (χ4n) is 3.09. The number of halogens is 1. The van der Waals surface area contributed by atoms with E-state index in [9.17, 15) is 18.0 Å². The molecule has 0 atom stereocenters. The fraction of sp³-hybridized carbons (Fsp3) is 0.364.